The number of carboxylic acids is 1. The van der Waals surface area contributed by atoms with Crippen LogP contribution in [0.4, 0.5) is 0 Å². The van der Waals surface area contributed by atoms with Crippen molar-refractivity contribution in [3.8, 4) is 17.0 Å². The van der Waals surface area contributed by atoms with Gasteiger partial charge in [0.05, 0.1) is 12.7 Å². The summed E-state index contributed by atoms with van der Waals surface area (Å²) >= 11 is 6.06. The molecule has 0 atom stereocenters. The molecule has 4 nitrogen and oxygen atoms in total. The Labute approximate surface area is 109 Å². The highest BCUT2D eigenvalue weighted by Crippen LogP contribution is 2.29. The van der Waals surface area contributed by atoms with Gasteiger partial charge in [-0.1, -0.05) is 17.7 Å². The molecule has 92 valence electrons. The van der Waals surface area contributed by atoms with Crippen molar-refractivity contribution in [2.24, 2.45) is 0 Å². The number of aromatic carboxylic acids is 1. The summed E-state index contributed by atoms with van der Waals surface area (Å²) in [6, 6.07) is 8.12. The molecule has 0 fully saturated rings. The van der Waals surface area contributed by atoms with E-state index in [2.05, 4.69) is 4.98 Å². The van der Waals surface area contributed by atoms with Crippen LogP contribution in [0, 0.1) is 0 Å². The maximum absolute atomic E-state index is 10.8. The van der Waals surface area contributed by atoms with Crippen LogP contribution in [0.1, 0.15) is 10.4 Å². The highest BCUT2D eigenvalue weighted by molar-refractivity contribution is 6.33. The van der Waals surface area contributed by atoms with Crippen molar-refractivity contribution in [2.45, 2.75) is 0 Å². The molecule has 0 aliphatic carbocycles. The smallest absolute Gasteiger partial charge is 0.335 e. The van der Waals surface area contributed by atoms with Crippen LogP contribution in [0.5, 0.6) is 5.88 Å². The number of benzene rings is 1. The minimum Gasteiger partial charge on any atom is -0.481 e. The van der Waals surface area contributed by atoms with E-state index in [4.69, 9.17) is 21.4 Å². The maximum atomic E-state index is 10.8. The molecular formula is C13H10ClNO3. The third-order valence-corrected chi connectivity index (χ3v) is 2.79. The number of nitrogens with zero attached hydrogens (tertiary/aromatic N) is 1. The molecule has 0 unspecified atom stereocenters. The number of carbonyl (C=O) groups is 1. The van der Waals surface area contributed by atoms with Gasteiger partial charge in [-0.15, -0.1) is 0 Å². The number of pyridine rings is 1. The van der Waals surface area contributed by atoms with E-state index in [0.29, 0.717) is 10.9 Å². The molecule has 0 saturated carbocycles. The van der Waals surface area contributed by atoms with Crippen molar-refractivity contribution >= 4 is 17.6 Å². The third kappa shape index (κ3) is 2.43. The van der Waals surface area contributed by atoms with Gasteiger partial charge in [-0.05, 0) is 18.2 Å². The van der Waals surface area contributed by atoms with Crippen LogP contribution in [-0.4, -0.2) is 23.2 Å². The number of ether oxygens (including phenoxy) is 1. The average Bonchev–Trinajstić information content (AvgIpc) is 2.38. The summed E-state index contributed by atoms with van der Waals surface area (Å²) in [4.78, 5) is 14.9. The van der Waals surface area contributed by atoms with Crippen LogP contribution in [-0.2, 0) is 0 Å². The zero-order valence-corrected chi connectivity index (χ0v) is 10.3. The second kappa shape index (κ2) is 5.06. The second-order valence-electron chi connectivity index (χ2n) is 3.59. The topological polar surface area (TPSA) is 59.4 Å². The van der Waals surface area contributed by atoms with Gasteiger partial charge in [0, 0.05) is 28.4 Å². The number of carboxylic acid groups (broad SMARTS) is 1. The Bertz CT molecular complexity index is 581. The Morgan fingerprint density at radius 3 is 2.61 bits per heavy atom. The molecule has 0 aliphatic rings. The number of halogens is 1. The molecule has 2 rings (SSSR count). The first-order valence-corrected chi connectivity index (χ1v) is 5.53. The molecule has 0 amide bonds. The Balaban J connectivity index is 2.41. The monoisotopic (exact) mass is 263 g/mol. The predicted octanol–water partition coefficient (Wildman–Crippen LogP) is 3.11. The molecule has 0 spiro atoms. The molecule has 1 heterocycles. The number of methoxy groups -OCH3 is 1. The molecule has 2 aromatic rings. The SMILES string of the molecule is COc1ccc(-c2ccc(C(=O)O)cc2Cl)cn1. The summed E-state index contributed by atoms with van der Waals surface area (Å²) < 4.78 is 4.96. The Kier molecular flexibility index (Phi) is 3.48. The lowest BCUT2D eigenvalue weighted by atomic mass is 10.1. The minimum atomic E-state index is -1.00. The summed E-state index contributed by atoms with van der Waals surface area (Å²) in [5, 5.41) is 9.23. The van der Waals surface area contributed by atoms with E-state index in [1.54, 1.807) is 18.3 Å². The largest absolute Gasteiger partial charge is 0.481 e. The number of rotatable bonds is 3. The lowest BCUT2D eigenvalue weighted by Crippen LogP contribution is -1.96. The summed E-state index contributed by atoms with van der Waals surface area (Å²) in [6.45, 7) is 0. The second-order valence-corrected chi connectivity index (χ2v) is 4.00. The Morgan fingerprint density at radius 1 is 1.33 bits per heavy atom. The van der Waals surface area contributed by atoms with Crippen LogP contribution in [0.2, 0.25) is 5.02 Å². The number of hydrogen-bond donors (Lipinski definition) is 1. The van der Waals surface area contributed by atoms with Gasteiger partial charge in [-0.2, -0.15) is 0 Å². The van der Waals surface area contributed by atoms with Crippen molar-refractivity contribution in [3.05, 3.63) is 47.1 Å². The third-order valence-electron chi connectivity index (χ3n) is 2.47. The van der Waals surface area contributed by atoms with Crippen LogP contribution < -0.4 is 4.74 Å². The summed E-state index contributed by atoms with van der Waals surface area (Å²) in [7, 11) is 1.54. The van der Waals surface area contributed by atoms with E-state index in [1.165, 1.54) is 19.2 Å². The summed E-state index contributed by atoms with van der Waals surface area (Å²) in [6.07, 6.45) is 1.63. The van der Waals surface area contributed by atoms with E-state index >= 15 is 0 Å². The Morgan fingerprint density at radius 2 is 2.11 bits per heavy atom. The van der Waals surface area contributed by atoms with Gasteiger partial charge >= 0.3 is 5.97 Å². The molecule has 18 heavy (non-hydrogen) atoms. The quantitative estimate of drug-likeness (QED) is 0.924. The summed E-state index contributed by atoms with van der Waals surface area (Å²) in [5.41, 5.74) is 1.69. The molecule has 0 bridgehead atoms. The lowest BCUT2D eigenvalue weighted by Gasteiger charge is -2.06. The van der Waals surface area contributed by atoms with Gasteiger partial charge < -0.3 is 9.84 Å². The fraction of sp³-hybridized carbons (Fsp3) is 0.0769. The first-order valence-electron chi connectivity index (χ1n) is 5.15. The van der Waals surface area contributed by atoms with Crippen LogP contribution in [0.25, 0.3) is 11.1 Å². The van der Waals surface area contributed by atoms with Crippen LogP contribution in [0.3, 0.4) is 0 Å². The van der Waals surface area contributed by atoms with E-state index in [0.717, 1.165) is 11.1 Å². The van der Waals surface area contributed by atoms with Gasteiger partial charge in [0.15, 0.2) is 0 Å². The molecule has 0 saturated heterocycles. The van der Waals surface area contributed by atoms with Crippen LogP contribution in [0.15, 0.2) is 36.5 Å². The van der Waals surface area contributed by atoms with E-state index in [1.807, 2.05) is 6.07 Å². The van der Waals surface area contributed by atoms with E-state index < -0.39 is 5.97 Å². The molecular weight excluding hydrogens is 254 g/mol. The maximum Gasteiger partial charge on any atom is 0.335 e. The highest BCUT2D eigenvalue weighted by Gasteiger charge is 2.09. The standard InChI is InChI=1S/C13H10ClNO3/c1-18-12-5-3-9(7-15-12)10-4-2-8(13(16)17)6-11(10)14/h2-7H,1H3,(H,16,17). The van der Waals surface area contributed by atoms with Crippen molar-refractivity contribution in [1.29, 1.82) is 0 Å². The van der Waals surface area contributed by atoms with Gasteiger partial charge in [0.2, 0.25) is 5.88 Å². The van der Waals surface area contributed by atoms with Gasteiger partial charge in [-0.3, -0.25) is 0 Å². The van der Waals surface area contributed by atoms with Crippen molar-refractivity contribution in [2.75, 3.05) is 7.11 Å². The molecule has 0 radical (unpaired) electrons. The van der Waals surface area contributed by atoms with Crippen molar-refractivity contribution in [3.63, 3.8) is 0 Å². The zero-order valence-electron chi connectivity index (χ0n) is 9.55. The van der Waals surface area contributed by atoms with Gasteiger partial charge in [0.25, 0.3) is 0 Å². The molecule has 1 N–H and O–H groups in total. The number of aromatic nitrogens is 1. The average molecular weight is 264 g/mol. The predicted molar refractivity (Wildman–Crippen MR) is 68.2 cm³/mol. The minimum absolute atomic E-state index is 0.158. The van der Waals surface area contributed by atoms with Crippen molar-refractivity contribution < 1.29 is 14.6 Å². The Hall–Kier alpha value is -2.07. The lowest BCUT2D eigenvalue weighted by molar-refractivity contribution is 0.0697. The normalized spacial score (nSPS) is 10.1. The summed E-state index contributed by atoms with van der Waals surface area (Å²) in [5.74, 6) is -0.492. The molecule has 5 heteroatoms. The number of hydrogen-bond acceptors (Lipinski definition) is 3. The molecule has 1 aromatic heterocycles. The zero-order chi connectivity index (χ0) is 13.1. The van der Waals surface area contributed by atoms with E-state index in [9.17, 15) is 4.79 Å². The fourth-order valence-electron chi connectivity index (χ4n) is 1.54. The van der Waals surface area contributed by atoms with Gasteiger partial charge in [-0.25, -0.2) is 9.78 Å². The fourth-order valence-corrected chi connectivity index (χ4v) is 1.83. The van der Waals surface area contributed by atoms with E-state index in [-0.39, 0.29) is 5.56 Å². The van der Waals surface area contributed by atoms with Gasteiger partial charge in [0.1, 0.15) is 0 Å². The first kappa shape index (κ1) is 12.4. The first-order chi connectivity index (χ1) is 8.61. The molecule has 1 aromatic carbocycles. The highest BCUT2D eigenvalue weighted by atomic mass is 35.5. The van der Waals surface area contributed by atoms with Crippen molar-refractivity contribution in [1.82, 2.24) is 4.98 Å². The molecule has 0 aliphatic heterocycles. The van der Waals surface area contributed by atoms with Crippen LogP contribution >= 0.6 is 11.6 Å².